The standard InChI is InChI=1S/C32H22N2O/c1-32(2)25-18-28-24(17-23(25)22-16-15-19-9-3-4-10-20(19)30(22)32)21-11-5-7-13-27(21)34(28)31-33-26-12-6-8-14-29(26)35-31/h3-18H,1-2H3. The summed E-state index contributed by atoms with van der Waals surface area (Å²) < 4.78 is 8.45. The molecular weight excluding hydrogens is 428 g/mol. The van der Waals surface area contributed by atoms with Crippen molar-refractivity contribution in [2.75, 3.05) is 0 Å². The van der Waals surface area contributed by atoms with E-state index in [1.54, 1.807) is 0 Å². The Kier molecular flexibility index (Phi) is 3.47. The first-order chi connectivity index (χ1) is 17.1. The maximum Gasteiger partial charge on any atom is 0.307 e. The molecule has 0 N–H and O–H groups in total. The van der Waals surface area contributed by atoms with Crippen LogP contribution in [0, 0.1) is 0 Å². The number of nitrogens with zero attached hydrogens (tertiary/aromatic N) is 2. The number of para-hydroxylation sites is 3. The fourth-order valence-corrected chi connectivity index (χ4v) is 6.22. The Hall–Kier alpha value is -4.37. The molecule has 3 heteroatoms. The number of hydrogen-bond donors (Lipinski definition) is 0. The van der Waals surface area contributed by atoms with Crippen LogP contribution >= 0.6 is 0 Å². The molecule has 0 amide bonds. The van der Waals surface area contributed by atoms with Crippen molar-refractivity contribution in [3.63, 3.8) is 0 Å². The van der Waals surface area contributed by atoms with Gasteiger partial charge in [0, 0.05) is 16.2 Å². The van der Waals surface area contributed by atoms with Gasteiger partial charge >= 0.3 is 6.01 Å². The Morgan fingerprint density at radius 2 is 1.46 bits per heavy atom. The van der Waals surface area contributed by atoms with Gasteiger partial charge in [0.05, 0.1) is 11.0 Å². The van der Waals surface area contributed by atoms with Gasteiger partial charge in [-0.25, -0.2) is 0 Å². The van der Waals surface area contributed by atoms with Crippen LogP contribution in [0.2, 0.25) is 0 Å². The van der Waals surface area contributed by atoms with E-state index in [-0.39, 0.29) is 5.41 Å². The van der Waals surface area contributed by atoms with Gasteiger partial charge in [0.15, 0.2) is 5.58 Å². The van der Waals surface area contributed by atoms with Crippen LogP contribution in [0.15, 0.2) is 101 Å². The minimum Gasteiger partial charge on any atom is -0.423 e. The van der Waals surface area contributed by atoms with Crippen LogP contribution in [0.4, 0.5) is 0 Å². The van der Waals surface area contributed by atoms with Crippen LogP contribution in [0.3, 0.4) is 0 Å². The van der Waals surface area contributed by atoms with E-state index >= 15 is 0 Å². The number of oxazole rings is 1. The van der Waals surface area contributed by atoms with Crippen LogP contribution in [0.5, 0.6) is 0 Å². The average Bonchev–Trinajstić information content (AvgIpc) is 3.51. The lowest BCUT2D eigenvalue weighted by Gasteiger charge is -2.23. The quantitative estimate of drug-likeness (QED) is 0.251. The van der Waals surface area contributed by atoms with Gasteiger partial charge in [0.25, 0.3) is 0 Å². The maximum absolute atomic E-state index is 6.27. The third-order valence-corrected chi connectivity index (χ3v) is 7.80. The molecule has 35 heavy (non-hydrogen) atoms. The molecule has 1 aliphatic rings. The summed E-state index contributed by atoms with van der Waals surface area (Å²) >= 11 is 0. The van der Waals surface area contributed by atoms with E-state index < -0.39 is 0 Å². The summed E-state index contributed by atoms with van der Waals surface area (Å²) in [6.07, 6.45) is 0. The zero-order chi connectivity index (χ0) is 23.3. The molecule has 0 saturated heterocycles. The van der Waals surface area contributed by atoms with E-state index in [1.165, 1.54) is 43.8 Å². The van der Waals surface area contributed by atoms with Gasteiger partial charge in [-0.05, 0) is 63.4 Å². The summed E-state index contributed by atoms with van der Waals surface area (Å²) in [5, 5.41) is 5.05. The summed E-state index contributed by atoms with van der Waals surface area (Å²) in [4.78, 5) is 4.86. The monoisotopic (exact) mass is 450 g/mol. The van der Waals surface area contributed by atoms with Gasteiger partial charge in [0.1, 0.15) is 5.52 Å². The highest BCUT2D eigenvalue weighted by atomic mass is 16.4. The number of aromatic nitrogens is 2. The van der Waals surface area contributed by atoms with Gasteiger partial charge in [0.2, 0.25) is 0 Å². The highest BCUT2D eigenvalue weighted by Crippen LogP contribution is 2.53. The smallest absolute Gasteiger partial charge is 0.307 e. The predicted molar refractivity (Wildman–Crippen MR) is 143 cm³/mol. The topological polar surface area (TPSA) is 31.0 Å². The molecule has 5 aromatic carbocycles. The molecular formula is C32H22N2O. The van der Waals surface area contributed by atoms with Gasteiger partial charge in [-0.15, -0.1) is 0 Å². The summed E-state index contributed by atoms with van der Waals surface area (Å²) in [6.45, 7) is 4.70. The third-order valence-electron chi connectivity index (χ3n) is 7.80. The first-order valence-corrected chi connectivity index (χ1v) is 12.1. The Balaban J connectivity index is 1.50. The summed E-state index contributed by atoms with van der Waals surface area (Å²) in [5.74, 6) is 0. The van der Waals surface area contributed by atoms with E-state index in [1.807, 2.05) is 24.3 Å². The first kappa shape index (κ1) is 19.0. The second-order valence-electron chi connectivity index (χ2n) is 10.1. The Morgan fingerprint density at radius 1 is 0.686 bits per heavy atom. The zero-order valence-electron chi connectivity index (χ0n) is 19.5. The molecule has 166 valence electrons. The van der Waals surface area contributed by atoms with Gasteiger partial charge < -0.3 is 4.42 Å². The highest BCUT2D eigenvalue weighted by molar-refractivity contribution is 6.12. The lowest BCUT2D eigenvalue weighted by atomic mass is 9.80. The van der Waals surface area contributed by atoms with Crippen molar-refractivity contribution in [2.45, 2.75) is 19.3 Å². The fraction of sp³-hybridized carbons (Fsp3) is 0.0938. The molecule has 2 aromatic heterocycles. The molecule has 0 spiro atoms. The molecule has 8 rings (SSSR count). The van der Waals surface area contributed by atoms with E-state index in [4.69, 9.17) is 9.40 Å². The van der Waals surface area contributed by atoms with E-state index in [0.29, 0.717) is 6.01 Å². The lowest BCUT2D eigenvalue weighted by molar-refractivity contribution is 0.574. The van der Waals surface area contributed by atoms with Crippen LogP contribution in [-0.2, 0) is 5.41 Å². The molecule has 0 fully saturated rings. The van der Waals surface area contributed by atoms with Crippen LogP contribution in [-0.4, -0.2) is 9.55 Å². The van der Waals surface area contributed by atoms with Gasteiger partial charge in [-0.2, -0.15) is 4.98 Å². The van der Waals surface area contributed by atoms with Gasteiger partial charge in [-0.3, -0.25) is 4.57 Å². The SMILES string of the molecule is CC1(C)c2cc3c(cc2-c2ccc4ccccc4c21)c1ccccc1n3-c1nc2ccccc2o1. The number of benzene rings is 5. The van der Waals surface area contributed by atoms with E-state index in [2.05, 4.69) is 91.2 Å². The molecule has 2 heterocycles. The predicted octanol–water partition coefficient (Wildman–Crippen LogP) is 8.38. The molecule has 0 atom stereocenters. The van der Waals surface area contributed by atoms with Crippen molar-refractivity contribution < 1.29 is 4.42 Å². The Labute approximate surface area is 202 Å². The highest BCUT2D eigenvalue weighted by Gasteiger charge is 2.37. The second kappa shape index (κ2) is 6.39. The minimum absolute atomic E-state index is 0.123. The van der Waals surface area contributed by atoms with Crippen molar-refractivity contribution in [2.24, 2.45) is 0 Å². The normalized spacial score (nSPS) is 14.2. The van der Waals surface area contributed by atoms with Crippen molar-refractivity contribution in [3.8, 4) is 17.1 Å². The van der Waals surface area contributed by atoms with Crippen molar-refractivity contribution >= 4 is 43.7 Å². The summed E-state index contributed by atoms with van der Waals surface area (Å²) in [6, 6.07) is 35.2. The number of hydrogen-bond acceptors (Lipinski definition) is 2. The molecule has 0 aliphatic heterocycles. The fourth-order valence-electron chi connectivity index (χ4n) is 6.22. The van der Waals surface area contributed by atoms with Crippen molar-refractivity contribution in [3.05, 3.63) is 108 Å². The molecule has 3 nitrogen and oxygen atoms in total. The largest absolute Gasteiger partial charge is 0.423 e. The third kappa shape index (κ3) is 2.37. The maximum atomic E-state index is 6.27. The average molecular weight is 451 g/mol. The molecule has 1 aliphatic carbocycles. The Morgan fingerprint density at radius 3 is 2.34 bits per heavy atom. The second-order valence-corrected chi connectivity index (χ2v) is 10.1. The van der Waals surface area contributed by atoms with E-state index in [0.717, 1.165) is 22.1 Å². The first-order valence-electron chi connectivity index (χ1n) is 12.1. The summed E-state index contributed by atoms with van der Waals surface area (Å²) in [5.41, 5.74) is 9.20. The van der Waals surface area contributed by atoms with Crippen LogP contribution in [0.1, 0.15) is 25.0 Å². The molecule has 0 radical (unpaired) electrons. The van der Waals surface area contributed by atoms with E-state index in [9.17, 15) is 0 Å². The Bertz CT molecular complexity index is 1950. The molecule has 0 saturated carbocycles. The zero-order valence-corrected chi connectivity index (χ0v) is 19.5. The minimum atomic E-state index is -0.123. The molecule has 0 unspecified atom stereocenters. The molecule has 0 bridgehead atoms. The number of fused-ring (bicyclic) bond motifs is 9. The van der Waals surface area contributed by atoms with Gasteiger partial charge in [-0.1, -0.05) is 80.6 Å². The van der Waals surface area contributed by atoms with Crippen LogP contribution < -0.4 is 0 Å². The van der Waals surface area contributed by atoms with Crippen molar-refractivity contribution in [1.29, 1.82) is 0 Å². The molecule has 7 aromatic rings. The van der Waals surface area contributed by atoms with Crippen molar-refractivity contribution in [1.82, 2.24) is 9.55 Å². The number of rotatable bonds is 1. The van der Waals surface area contributed by atoms with Crippen LogP contribution in [0.25, 0.3) is 60.8 Å². The lowest BCUT2D eigenvalue weighted by Crippen LogP contribution is -2.15. The summed E-state index contributed by atoms with van der Waals surface area (Å²) in [7, 11) is 0.